The summed E-state index contributed by atoms with van der Waals surface area (Å²) < 4.78 is 18.1. The Balaban J connectivity index is 0.833. The van der Waals surface area contributed by atoms with Crippen LogP contribution in [0.25, 0.3) is 134 Å². The predicted octanol–water partition coefficient (Wildman–Crippen LogP) is 21.4. The zero-order valence-corrected chi connectivity index (χ0v) is 42.6. The maximum absolute atomic E-state index is 6.56. The summed E-state index contributed by atoms with van der Waals surface area (Å²) in [6.07, 6.45) is 0. The molecule has 0 atom stereocenters. The minimum absolute atomic E-state index is 0.866. The maximum atomic E-state index is 6.56. The molecule has 18 aromatic rings. The summed E-state index contributed by atoms with van der Waals surface area (Å²) >= 11 is 1.87. The third-order valence-electron chi connectivity index (χ3n) is 16.6. The lowest BCUT2D eigenvalue weighted by molar-refractivity contribution is 0.668. The van der Waals surface area contributed by atoms with E-state index in [1.165, 1.54) is 90.6 Å². The van der Waals surface area contributed by atoms with Crippen molar-refractivity contribution < 1.29 is 8.83 Å². The van der Waals surface area contributed by atoms with Crippen LogP contribution in [0.5, 0.6) is 0 Å². The number of furan rings is 2. The molecule has 13 aromatic carbocycles. The van der Waals surface area contributed by atoms with Gasteiger partial charge in [0.1, 0.15) is 22.3 Å². The molecule has 0 unspecified atom stereocenters. The fourth-order valence-electron chi connectivity index (χ4n) is 13.1. The highest BCUT2D eigenvalue weighted by Crippen LogP contribution is 2.51. The van der Waals surface area contributed by atoms with Crippen LogP contribution in [0.15, 0.2) is 258 Å². The average molecular weight is 1010 g/mol. The van der Waals surface area contributed by atoms with Crippen molar-refractivity contribution in [2.75, 3.05) is 9.80 Å². The number of fused-ring (bicyclic) bond motifs is 19. The van der Waals surface area contributed by atoms with Crippen molar-refractivity contribution in [2.24, 2.45) is 0 Å². The largest absolute Gasteiger partial charge is 0.456 e. The monoisotopic (exact) mass is 1010 g/mol. The summed E-state index contributed by atoms with van der Waals surface area (Å²) in [7, 11) is 0. The number of hydrogen-bond donors (Lipinski definition) is 0. The number of nitrogens with zero attached hydrogens (tertiary/aromatic N) is 3. The Morgan fingerprint density at radius 1 is 0.282 bits per heavy atom. The van der Waals surface area contributed by atoms with Crippen LogP contribution in [0, 0.1) is 0 Å². The molecular weight excluding hydrogens is 971 g/mol. The molecule has 0 saturated heterocycles. The van der Waals surface area contributed by atoms with Crippen LogP contribution in [0.1, 0.15) is 0 Å². The predicted molar refractivity (Wildman–Crippen MR) is 330 cm³/mol. The highest BCUT2D eigenvalue weighted by molar-refractivity contribution is 7.26. The summed E-state index contributed by atoms with van der Waals surface area (Å²) in [6, 6.07) is 90.9. The lowest BCUT2D eigenvalue weighted by Gasteiger charge is -2.27. The van der Waals surface area contributed by atoms with E-state index in [0.29, 0.717) is 0 Å². The topological polar surface area (TPSA) is 37.2 Å². The van der Waals surface area contributed by atoms with Crippen molar-refractivity contribution in [2.45, 2.75) is 0 Å². The molecule has 5 nitrogen and oxygen atoms in total. The first-order valence-corrected chi connectivity index (χ1v) is 27.4. The Kier molecular flexibility index (Phi) is 8.49. The van der Waals surface area contributed by atoms with Crippen LogP contribution >= 0.6 is 11.3 Å². The van der Waals surface area contributed by atoms with Crippen LogP contribution in [-0.4, -0.2) is 4.40 Å². The number of anilines is 6. The summed E-state index contributed by atoms with van der Waals surface area (Å²) in [5.41, 5.74) is 13.6. The van der Waals surface area contributed by atoms with Gasteiger partial charge in [0, 0.05) is 104 Å². The Hall–Kier alpha value is -10.1. The fourth-order valence-corrected chi connectivity index (χ4v) is 14.3. The van der Waals surface area contributed by atoms with E-state index in [1.54, 1.807) is 0 Å². The number of para-hydroxylation sites is 3. The third-order valence-corrected chi connectivity index (χ3v) is 17.7. The minimum Gasteiger partial charge on any atom is -0.456 e. The van der Waals surface area contributed by atoms with Crippen molar-refractivity contribution >= 4 is 180 Å². The zero-order chi connectivity index (χ0) is 50.7. The molecule has 0 spiro atoms. The van der Waals surface area contributed by atoms with E-state index in [2.05, 4.69) is 245 Å². The summed E-state index contributed by atoms with van der Waals surface area (Å²) in [5, 5.41) is 19.2. The molecule has 5 aromatic heterocycles. The van der Waals surface area contributed by atoms with E-state index in [4.69, 9.17) is 8.83 Å². The van der Waals surface area contributed by atoms with Crippen LogP contribution in [0.2, 0.25) is 0 Å². The van der Waals surface area contributed by atoms with Crippen molar-refractivity contribution in [1.29, 1.82) is 0 Å². The number of rotatable bonds is 6. The van der Waals surface area contributed by atoms with Gasteiger partial charge in [-0.2, -0.15) is 0 Å². The first kappa shape index (κ1) is 42.1. The van der Waals surface area contributed by atoms with Gasteiger partial charge in [-0.3, -0.25) is 0 Å². The Morgan fingerprint density at radius 2 is 0.782 bits per heavy atom. The lowest BCUT2D eigenvalue weighted by atomic mass is 9.99. The van der Waals surface area contributed by atoms with Gasteiger partial charge in [0.2, 0.25) is 0 Å². The van der Waals surface area contributed by atoms with E-state index in [0.717, 1.165) is 78.0 Å². The van der Waals surface area contributed by atoms with Gasteiger partial charge in [0.05, 0.1) is 22.2 Å². The molecule has 78 heavy (non-hydrogen) atoms. The zero-order valence-electron chi connectivity index (χ0n) is 41.7. The number of hydrogen-bond acceptors (Lipinski definition) is 5. The molecule has 0 aliphatic carbocycles. The highest BCUT2D eigenvalue weighted by Gasteiger charge is 2.26. The van der Waals surface area contributed by atoms with E-state index in [-0.39, 0.29) is 0 Å². The van der Waals surface area contributed by atoms with Crippen LogP contribution in [0.4, 0.5) is 34.1 Å². The van der Waals surface area contributed by atoms with Crippen LogP contribution in [-0.2, 0) is 0 Å². The molecule has 0 N–H and O–H groups in total. The maximum Gasteiger partial charge on any atom is 0.137 e. The van der Waals surface area contributed by atoms with Crippen molar-refractivity contribution in [3.05, 3.63) is 249 Å². The second-order valence-corrected chi connectivity index (χ2v) is 21.9. The van der Waals surface area contributed by atoms with Gasteiger partial charge < -0.3 is 23.0 Å². The number of benzene rings is 13. The molecule has 0 fully saturated rings. The Labute approximate surface area is 449 Å². The quantitative estimate of drug-likeness (QED) is 0.166. The van der Waals surface area contributed by atoms with Crippen molar-refractivity contribution in [1.82, 2.24) is 4.40 Å². The molecule has 5 heterocycles. The second-order valence-electron chi connectivity index (χ2n) is 20.8. The molecule has 0 radical (unpaired) electrons. The van der Waals surface area contributed by atoms with E-state index >= 15 is 0 Å². The molecule has 0 amide bonds. The standard InChI is InChI=1S/C72H41N3O2S/c1-3-13-44-35-47(24-21-42(44)11-1)73(49-26-29-54-52-15-6-9-19-64(52)76-66(54)38-49)51-28-31-56-60-37-46-23-33-62-70(59(46)41-69(60)78-68(56)40-51)58-32-34-63(71-57-17-5-8-18-61(57)75(62)72(58)71)74(48-25-22-43-12-2-4-14-45(43)36-48)50-27-30-55-53-16-7-10-20-65(53)77-67(55)39-50/h1-41H. The highest BCUT2D eigenvalue weighted by atomic mass is 32.1. The molecule has 0 bridgehead atoms. The molecular formula is C72H41N3O2S. The summed E-state index contributed by atoms with van der Waals surface area (Å²) in [6.45, 7) is 0. The second kappa shape index (κ2) is 15.7. The fraction of sp³-hybridized carbons (Fsp3) is 0. The molecule has 0 aliphatic rings. The average Bonchev–Trinajstić information content (AvgIpc) is 4.49. The van der Waals surface area contributed by atoms with Gasteiger partial charge in [0.15, 0.2) is 0 Å². The molecule has 0 aliphatic heterocycles. The first-order valence-electron chi connectivity index (χ1n) is 26.5. The van der Waals surface area contributed by atoms with E-state index < -0.39 is 0 Å². The van der Waals surface area contributed by atoms with Gasteiger partial charge in [-0.05, 0) is 135 Å². The molecule has 6 heteroatoms. The van der Waals surface area contributed by atoms with E-state index in [9.17, 15) is 0 Å². The van der Waals surface area contributed by atoms with E-state index in [1.807, 2.05) is 29.5 Å². The number of thiophene rings is 1. The van der Waals surface area contributed by atoms with Gasteiger partial charge in [-0.1, -0.05) is 133 Å². The smallest absolute Gasteiger partial charge is 0.137 e. The van der Waals surface area contributed by atoms with Crippen molar-refractivity contribution in [3.63, 3.8) is 0 Å². The Bertz CT molecular complexity index is 5560. The lowest BCUT2D eigenvalue weighted by Crippen LogP contribution is -2.10. The molecule has 18 rings (SSSR count). The minimum atomic E-state index is 0.866. The van der Waals surface area contributed by atoms with Gasteiger partial charge in [-0.15, -0.1) is 11.3 Å². The normalized spacial score (nSPS) is 12.4. The summed E-state index contributed by atoms with van der Waals surface area (Å²) in [4.78, 5) is 4.81. The van der Waals surface area contributed by atoms with Crippen molar-refractivity contribution in [3.8, 4) is 0 Å². The van der Waals surface area contributed by atoms with Gasteiger partial charge >= 0.3 is 0 Å². The van der Waals surface area contributed by atoms with Crippen LogP contribution < -0.4 is 9.80 Å². The van der Waals surface area contributed by atoms with Gasteiger partial charge in [-0.25, -0.2) is 0 Å². The molecule has 362 valence electrons. The van der Waals surface area contributed by atoms with Gasteiger partial charge in [0.25, 0.3) is 0 Å². The SMILES string of the molecule is c1ccc2cc(N(c3ccc4c(c3)oc3ccccc34)c3ccc4c(c3)sc3cc5c(ccc6c5c5ccc(N(c7ccc8ccccc8c7)c7ccc8c(c7)oc7ccccc78)c7c8ccccc8n6c57)cc34)ccc2c1. The first-order chi connectivity index (χ1) is 38.6. The molecule has 0 saturated carbocycles. The summed E-state index contributed by atoms with van der Waals surface area (Å²) in [5.74, 6) is 0. The third kappa shape index (κ3) is 5.95. The van der Waals surface area contributed by atoms with Crippen LogP contribution in [0.3, 0.4) is 0 Å². The number of aromatic nitrogens is 1. The Morgan fingerprint density at radius 3 is 1.47 bits per heavy atom.